The number of carboxylic acids is 2. The molecule has 12 nitrogen and oxygen atoms in total. The predicted octanol–water partition coefficient (Wildman–Crippen LogP) is 2.59. The minimum atomic E-state index is -4.12. The van der Waals surface area contributed by atoms with E-state index in [1.807, 2.05) is 24.4 Å². The number of aliphatic carboxylic acids is 1. The number of aromatic nitrogens is 1. The van der Waals surface area contributed by atoms with Crippen LogP contribution in [0.15, 0.2) is 77.8 Å². The Morgan fingerprint density at radius 2 is 1.76 bits per heavy atom. The van der Waals surface area contributed by atoms with Crippen molar-refractivity contribution in [3.63, 3.8) is 0 Å². The van der Waals surface area contributed by atoms with Gasteiger partial charge in [0.1, 0.15) is 23.1 Å². The number of rotatable bonds is 14. The van der Waals surface area contributed by atoms with Crippen LogP contribution in [0.2, 0.25) is 0 Å². The molecule has 13 heteroatoms. The summed E-state index contributed by atoms with van der Waals surface area (Å²) in [5.41, 5.74) is 1.80. The summed E-state index contributed by atoms with van der Waals surface area (Å²) in [5.74, 6) is -2.74. The van der Waals surface area contributed by atoms with Crippen molar-refractivity contribution in [1.82, 2.24) is 15.0 Å². The number of H-pyrrole nitrogens is 1. The molecule has 0 fully saturated rings. The van der Waals surface area contributed by atoms with Gasteiger partial charge in [-0.15, -0.1) is 0 Å². The maximum atomic E-state index is 13.3. The van der Waals surface area contributed by atoms with Gasteiger partial charge in [-0.1, -0.05) is 24.3 Å². The Morgan fingerprint density at radius 3 is 2.45 bits per heavy atom. The summed E-state index contributed by atoms with van der Waals surface area (Å²) in [6.07, 6.45) is 2.09. The van der Waals surface area contributed by atoms with Crippen molar-refractivity contribution in [2.45, 2.75) is 23.8 Å². The predicted molar refractivity (Wildman–Crippen MR) is 152 cm³/mol. The molecule has 0 radical (unpaired) electrons. The van der Waals surface area contributed by atoms with Crippen molar-refractivity contribution < 1.29 is 42.5 Å². The second kappa shape index (κ2) is 13.2. The first-order valence-corrected chi connectivity index (χ1v) is 14.3. The van der Waals surface area contributed by atoms with Gasteiger partial charge in [0.2, 0.25) is 15.9 Å². The lowest BCUT2D eigenvalue weighted by molar-refractivity contribution is -0.139. The monoisotopic (exact) mass is 595 g/mol. The highest BCUT2D eigenvalue weighted by molar-refractivity contribution is 7.89. The molecule has 1 heterocycles. The van der Waals surface area contributed by atoms with Crippen LogP contribution in [0.4, 0.5) is 0 Å². The maximum absolute atomic E-state index is 13.3. The van der Waals surface area contributed by atoms with Gasteiger partial charge in [-0.25, -0.2) is 18.0 Å². The SMILES string of the molecule is COc1ccc2c(CCNC(=O)[C@H](Cc3ccc(OCC(=O)O)c(C(=O)O)c3)NS(=O)(=O)c3ccccc3)c[nH]c2c1. The number of nitrogens with one attached hydrogen (secondary N) is 3. The number of aromatic carboxylic acids is 1. The van der Waals surface area contributed by atoms with Crippen LogP contribution in [-0.4, -0.2) is 67.8 Å². The van der Waals surface area contributed by atoms with Crippen molar-refractivity contribution in [1.29, 1.82) is 0 Å². The van der Waals surface area contributed by atoms with Crippen LogP contribution in [0.3, 0.4) is 0 Å². The fraction of sp³-hybridized carbons (Fsp3) is 0.207. The largest absolute Gasteiger partial charge is 0.497 e. The van der Waals surface area contributed by atoms with Gasteiger partial charge in [0, 0.05) is 29.7 Å². The van der Waals surface area contributed by atoms with Crippen molar-refractivity contribution in [2.75, 3.05) is 20.3 Å². The number of amides is 1. The van der Waals surface area contributed by atoms with Crippen LogP contribution in [-0.2, 0) is 32.5 Å². The van der Waals surface area contributed by atoms with Gasteiger partial charge in [0.05, 0.1) is 12.0 Å². The number of fused-ring (bicyclic) bond motifs is 1. The fourth-order valence-electron chi connectivity index (χ4n) is 4.36. The lowest BCUT2D eigenvalue weighted by Gasteiger charge is -2.19. The van der Waals surface area contributed by atoms with Crippen LogP contribution in [0.5, 0.6) is 11.5 Å². The molecule has 0 aliphatic rings. The maximum Gasteiger partial charge on any atom is 0.341 e. The highest BCUT2D eigenvalue weighted by Crippen LogP contribution is 2.24. The topological polar surface area (TPSA) is 184 Å². The molecular formula is C29H29N3O9S. The van der Waals surface area contributed by atoms with Gasteiger partial charge >= 0.3 is 11.9 Å². The van der Waals surface area contributed by atoms with Crippen LogP contribution in [0, 0.1) is 0 Å². The van der Waals surface area contributed by atoms with E-state index in [4.69, 9.17) is 14.6 Å². The third-order valence-corrected chi connectivity index (χ3v) is 7.89. The van der Waals surface area contributed by atoms with E-state index in [0.717, 1.165) is 16.5 Å². The molecule has 42 heavy (non-hydrogen) atoms. The molecule has 0 bridgehead atoms. The molecule has 1 amide bonds. The van der Waals surface area contributed by atoms with E-state index < -0.39 is 40.5 Å². The number of sulfonamides is 1. The molecule has 0 saturated heterocycles. The molecule has 3 aromatic carbocycles. The summed E-state index contributed by atoms with van der Waals surface area (Å²) >= 11 is 0. The zero-order valence-electron chi connectivity index (χ0n) is 22.5. The van der Waals surface area contributed by atoms with Gasteiger partial charge < -0.3 is 30.0 Å². The van der Waals surface area contributed by atoms with Crippen molar-refractivity contribution in [3.05, 3.63) is 89.6 Å². The molecule has 0 aliphatic carbocycles. The van der Waals surface area contributed by atoms with Gasteiger partial charge in [0.15, 0.2) is 6.61 Å². The van der Waals surface area contributed by atoms with E-state index in [-0.39, 0.29) is 29.2 Å². The Morgan fingerprint density at radius 1 is 1.00 bits per heavy atom. The minimum Gasteiger partial charge on any atom is -0.497 e. The summed E-state index contributed by atoms with van der Waals surface area (Å²) in [6.45, 7) is -0.546. The van der Waals surface area contributed by atoms with Gasteiger partial charge in [-0.2, -0.15) is 4.72 Å². The molecule has 220 valence electrons. The van der Waals surface area contributed by atoms with Crippen LogP contribution < -0.4 is 19.5 Å². The van der Waals surface area contributed by atoms with Gasteiger partial charge in [-0.3, -0.25) is 4.79 Å². The minimum absolute atomic E-state index is 0.0411. The summed E-state index contributed by atoms with van der Waals surface area (Å²) < 4.78 is 38.9. The van der Waals surface area contributed by atoms with Crippen LogP contribution >= 0.6 is 0 Å². The molecular weight excluding hydrogens is 566 g/mol. The average molecular weight is 596 g/mol. The van der Waals surface area contributed by atoms with Crippen molar-refractivity contribution in [2.24, 2.45) is 0 Å². The Balaban J connectivity index is 1.54. The van der Waals surface area contributed by atoms with Gasteiger partial charge in [0.25, 0.3) is 0 Å². The highest BCUT2D eigenvalue weighted by Gasteiger charge is 2.27. The zero-order chi connectivity index (χ0) is 30.3. The Bertz CT molecular complexity index is 1700. The number of hydrogen-bond donors (Lipinski definition) is 5. The van der Waals surface area contributed by atoms with Gasteiger partial charge in [-0.05, 0) is 60.4 Å². The summed E-state index contributed by atoms with van der Waals surface area (Å²) in [7, 11) is -2.54. The summed E-state index contributed by atoms with van der Waals surface area (Å²) in [4.78, 5) is 39.1. The van der Waals surface area contributed by atoms with E-state index in [1.165, 1.54) is 30.3 Å². The van der Waals surface area contributed by atoms with E-state index >= 15 is 0 Å². The third kappa shape index (κ3) is 7.44. The first-order valence-electron chi connectivity index (χ1n) is 12.8. The molecule has 0 saturated carbocycles. The van der Waals surface area contributed by atoms with E-state index in [1.54, 1.807) is 25.3 Å². The Labute approximate surface area is 241 Å². The van der Waals surface area contributed by atoms with E-state index in [0.29, 0.717) is 17.7 Å². The van der Waals surface area contributed by atoms with Crippen molar-refractivity contribution >= 4 is 38.8 Å². The number of aromatic amines is 1. The number of methoxy groups -OCH3 is 1. The highest BCUT2D eigenvalue weighted by atomic mass is 32.2. The summed E-state index contributed by atoms with van der Waals surface area (Å²) in [5, 5.41) is 22.2. The normalized spacial score (nSPS) is 12.0. The first-order chi connectivity index (χ1) is 20.1. The fourth-order valence-corrected chi connectivity index (χ4v) is 5.57. The molecule has 0 spiro atoms. The van der Waals surface area contributed by atoms with Crippen LogP contribution in [0.1, 0.15) is 21.5 Å². The lowest BCUT2D eigenvalue weighted by Crippen LogP contribution is -2.48. The van der Waals surface area contributed by atoms with Crippen molar-refractivity contribution in [3.8, 4) is 11.5 Å². The smallest absolute Gasteiger partial charge is 0.341 e. The number of hydrogen-bond acceptors (Lipinski definition) is 7. The number of carbonyl (C=O) groups excluding carboxylic acids is 1. The standard InChI is InChI=1S/C29H29N3O9S/c1-40-20-8-9-22-19(16-31-24(22)15-20)11-12-30-28(35)25(32-42(38,39)21-5-3-2-4-6-21)14-18-7-10-26(41-17-27(33)34)23(13-18)29(36)37/h2-10,13,15-16,25,31-32H,11-12,14,17H2,1H3,(H,30,35)(H,33,34)(H,36,37)/t25-/m0/s1. The quantitative estimate of drug-likeness (QED) is 0.146. The second-order valence-corrected chi connectivity index (χ2v) is 11.0. The first kappa shape index (κ1) is 30.1. The zero-order valence-corrected chi connectivity index (χ0v) is 23.3. The Kier molecular flexibility index (Phi) is 9.45. The third-order valence-electron chi connectivity index (χ3n) is 6.40. The number of carboxylic acid groups (broad SMARTS) is 2. The molecule has 1 aromatic heterocycles. The molecule has 4 aromatic rings. The molecule has 0 aliphatic heterocycles. The lowest BCUT2D eigenvalue weighted by atomic mass is 10.0. The van der Waals surface area contributed by atoms with Crippen LogP contribution in [0.25, 0.3) is 10.9 Å². The number of carbonyl (C=O) groups is 3. The molecule has 0 unspecified atom stereocenters. The number of benzene rings is 3. The van der Waals surface area contributed by atoms with E-state index in [2.05, 4.69) is 15.0 Å². The van der Waals surface area contributed by atoms with E-state index in [9.17, 15) is 27.9 Å². The summed E-state index contributed by atoms with van der Waals surface area (Å²) in [6, 6.07) is 15.8. The number of ether oxygens (including phenoxy) is 2. The molecule has 1 atom stereocenters. The average Bonchev–Trinajstić information content (AvgIpc) is 3.38. The second-order valence-electron chi connectivity index (χ2n) is 9.28. The molecule has 5 N–H and O–H groups in total. The molecule has 4 rings (SSSR count). The Hall–Kier alpha value is -4.88.